The molecule has 2 aromatic carbocycles. The minimum absolute atomic E-state index is 0.141. The summed E-state index contributed by atoms with van der Waals surface area (Å²) in [6.45, 7) is 1.02. The van der Waals surface area contributed by atoms with Gasteiger partial charge in [0.2, 0.25) is 5.91 Å². The van der Waals surface area contributed by atoms with Gasteiger partial charge in [-0.25, -0.2) is 4.79 Å². The van der Waals surface area contributed by atoms with Gasteiger partial charge in [-0.15, -0.1) is 0 Å². The number of alkyl halides is 3. The summed E-state index contributed by atoms with van der Waals surface area (Å²) in [5, 5.41) is 12.9. The van der Waals surface area contributed by atoms with E-state index >= 15 is 0 Å². The van der Waals surface area contributed by atoms with Crippen molar-refractivity contribution in [3.05, 3.63) is 59.7 Å². The molecule has 2 amide bonds. The number of halogens is 3. The van der Waals surface area contributed by atoms with E-state index in [2.05, 4.69) is 5.32 Å². The molecule has 1 unspecified atom stereocenters. The number of carbonyl (C=O) groups is 3. The molecule has 0 bridgehead atoms. The predicted octanol–water partition coefficient (Wildman–Crippen LogP) is 4.07. The number of carboxylic acid groups (broad SMARTS) is 1. The molecule has 0 aliphatic heterocycles. The lowest BCUT2D eigenvalue weighted by atomic mass is 9.98. The lowest BCUT2D eigenvalue weighted by molar-refractivity contribution is -0.156. The summed E-state index contributed by atoms with van der Waals surface area (Å²) >= 11 is 0. The number of rotatable bonds is 9. The number of hydrogen-bond donors (Lipinski definition) is 3. The van der Waals surface area contributed by atoms with Gasteiger partial charge in [0.15, 0.2) is 0 Å². The van der Waals surface area contributed by atoms with Gasteiger partial charge < -0.3 is 20.5 Å². The number of hydrogen-bond acceptors (Lipinski definition) is 4. The summed E-state index contributed by atoms with van der Waals surface area (Å²) < 4.78 is 45.4. The van der Waals surface area contributed by atoms with E-state index in [4.69, 9.17) is 9.84 Å². The van der Waals surface area contributed by atoms with Gasteiger partial charge in [0.1, 0.15) is 12.6 Å². The van der Waals surface area contributed by atoms with Crippen LogP contribution >= 0.6 is 0 Å². The van der Waals surface area contributed by atoms with Crippen molar-refractivity contribution in [1.29, 1.82) is 0 Å². The van der Waals surface area contributed by atoms with Crippen LogP contribution in [0.2, 0.25) is 0 Å². The van der Waals surface area contributed by atoms with E-state index in [1.807, 2.05) is 53.8 Å². The predicted molar refractivity (Wildman–Crippen MR) is 117 cm³/mol. The molecule has 7 nitrogen and oxygen atoms in total. The fourth-order valence-electron chi connectivity index (χ4n) is 3.82. The maximum atomic E-state index is 13.4. The van der Waals surface area contributed by atoms with E-state index in [-0.39, 0.29) is 19.1 Å². The highest BCUT2D eigenvalue weighted by Gasteiger charge is 2.41. The maximum absolute atomic E-state index is 13.4. The van der Waals surface area contributed by atoms with Gasteiger partial charge in [0.25, 0.3) is 0 Å². The maximum Gasteiger partial charge on any atom is 0.408 e. The summed E-state index contributed by atoms with van der Waals surface area (Å²) in [7, 11) is 0. The lowest BCUT2D eigenvalue weighted by Crippen LogP contribution is -2.46. The van der Waals surface area contributed by atoms with Crippen LogP contribution in [-0.4, -0.2) is 48.4 Å². The minimum Gasteiger partial charge on any atom is -0.481 e. The average molecular weight is 478 g/mol. The van der Waals surface area contributed by atoms with Crippen LogP contribution in [0.3, 0.4) is 0 Å². The van der Waals surface area contributed by atoms with Gasteiger partial charge in [-0.1, -0.05) is 55.5 Å². The molecule has 1 aliphatic carbocycles. The largest absolute Gasteiger partial charge is 0.481 e. The van der Waals surface area contributed by atoms with Crippen LogP contribution in [-0.2, 0) is 14.3 Å². The zero-order valence-corrected chi connectivity index (χ0v) is 18.4. The number of aliphatic carboxylic acids is 1. The molecule has 2 atom stereocenters. The van der Waals surface area contributed by atoms with E-state index < -0.39 is 48.9 Å². The zero-order valence-electron chi connectivity index (χ0n) is 18.4. The van der Waals surface area contributed by atoms with E-state index in [1.54, 1.807) is 0 Å². The van der Waals surface area contributed by atoms with Crippen LogP contribution < -0.4 is 10.6 Å². The van der Waals surface area contributed by atoms with Crippen LogP contribution in [0.4, 0.5) is 18.0 Å². The Hall–Kier alpha value is -3.56. The van der Waals surface area contributed by atoms with Gasteiger partial charge in [-0.3, -0.25) is 9.59 Å². The Balaban J connectivity index is 1.57. The first-order chi connectivity index (χ1) is 16.1. The lowest BCUT2D eigenvalue weighted by Gasteiger charge is -2.22. The van der Waals surface area contributed by atoms with E-state index in [0.717, 1.165) is 22.3 Å². The zero-order chi connectivity index (χ0) is 24.9. The van der Waals surface area contributed by atoms with Crippen LogP contribution in [0.1, 0.15) is 36.8 Å². The molecule has 10 heteroatoms. The highest BCUT2D eigenvalue weighted by Crippen LogP contribution is 2.44. The number of fused-ring (bicyclic) bond motifs is 3. The molecule has 0 saturated heterocycles. The number of ether oxygens (including phenoxy) is 1. The first kappa shape index (κ1) is 25.1. The molecular formula is C24H25F3N2O5. The summed E-state index contributed by atoms with van der Waals surface area (Å²) in [5.41, 5.74) is 3.83. The third-order valence-electron chi connectivity index (χ3n) is 5.72. The van der Waals surface area contributed by atoms with Crippen LogP contribution in [0, 0.1) is 5.92 Å². The fourth-order valence-corrected chi connectivity index (χ4v) is 3.82. The summed E-state index contributed by atoms with van der Waals surface area (Å²) in [6, 6.07) is 12.8. The topological polar surface area (TPSA) is 105 Å². The number of amides is 2. The third kappa shape index (κ3) is 6.06. The highest BCUT2D eigenvalue weighted by molar-refractivity contribution is 5.79. The summed E-state index contributed by atoms with van der Waals surface area (Å²) in [4.78, 5) is 34.8. The molecule has 1 aliphatic rings. The Labute approximate surface area is 194 Å². The van der Waals surface area contributed by atoms with Crippen molar-refractivity contribution in [2.75, 3.05) is 13.2 Å². The second kappa shape index (κ2) is 10.6. The first-order valence-electron chi connectivity index (χ1n) is 10.8. The quantitative estimate of drug-likeness (QED) is 0.504. The van der Waals surface area contributed by atoms with Crippen molar-refractivity contribution in [2.24, 2.45) is 5.92 Å². The molecular weight excluding hydrogens is 453 g/mol. The van der Waals surface area contributed by atoms with Crippen molar-refractivity contribution in [1.82, 2.24) is 10.6 Å². The number of alkyl carbamates (subject to hydrolysis) is 1. The van der Waals surface area contributed by atoms with Crippen molar-refractivity contribution in [2.45, 2.75) is 37.9 Å². The normalized spacial score (nSPS) is 14.5. The standard InChI is InChI=1S/C24H25F3N2O5/c1-14(22(31)32)12-28-21(30)11-10-20(24(25,26)27)29-23(33)34-13-19-17-8-4-2-6-15(17)16-7-3-5-9-18(16)19/h2-9,14,19-20H,10-13H2,1H3,(H,28,30)(H,29,33)(H,31,32)/t14?,20-/m0/s1. The molecule has 0 aromatic heterocycles. The van der Waals surface area contributed by atoms with Gasteiger partial charge in [-0.05, 0) is 28.7 Å². The third-order valence-corrected chi connectivity index (χ3v) is 5.72. The van der Waals surface area contributed by atoms with E-state index in [9.17, 15) is 27.6 Å². The molecule has 2 aromatic rings. The molecule has 182 valence electrons. The number of benzene rings is 2. The Bertz CT molecular complexity index is 1010. The second-order valence-corrected chi connectivity index (χ2v) is 8.15. The average Bonchev–Trinajstić information content (AvgIpc) is 3.11. The molecule has 3 rings (SSSR count). The Kier molecular flexibility index (Phi) is 7.80. The summed E-state index contributed by atoms with van der Waals surface area (Å²) in [6.07, 6.45) is -7.27. The highest BCUT2D eigenvalue weighted by atomic mass is 19.4. The van der Waals surface area contributed by atoms with Gasteiger partial charge in [-0.2, -0.15) is 13.2 Å². The van der Waals surface area contributed by atoms with E-state index in [0.29, 0.717) is 0 Å². The molecule has 0 saturated carbocycles. The minimum atomic E-state index is -4.79. The number of nitrogens with one attached hydrogen (secondary N) is 2. The number of carboxylic acids is 1. The van der Waals surface area contributed by atoms with Gasteiger partial charge in [0, 0.05) is 18.9 Å². The molecule has 0 spiro atoms. The van der Waals surface area contributed by atoms with Gasteiger partial charge in [0.05, 0.1) is 5.92 Å². The first-order valence-corrected chi connectivity index (χ1v) is 10.8. The Morgan fingerprint density at radius 3 is 2.12 bits per heavy atom. The molecule has 3 N–H and O–H groups in total. The Morgan fingerprint density at radius 2 is 1.59 bits per heavy atom. The van der Waals surface area contributed by atoms with E-state index in [1.165, 1.54) is 6.92 Å². The SMILES string of the molecule is CC(CNC(=O)CC[C@H](NC(=O)OCC1c2ccccc2-c2ccccc21)C(F)(F)F)C(=O)O. The monoisotopic (exact) mass is 478 g/mol. The van der Waals surface area contributed by atoms with Crippen molar-refractivity contribution < 1.29 is 37.4 Å². The van der Waals surface area contributed by atoms with Crippen molar-refractivity contribution >= 4 is 18.0 Å². The van der Waals surface area contributed by atoms with Gasteiger partial charge >= 0.3 is 18.2 Å². The van der Waals surface area contributed by atoms with Crippen LogP contribution in [0.5, 0.6) is 0 Å². The number of carbonyl (C=O) groups excluding carboxylic acids is 2. The molecule has 0 heterocycles. The van der Waals surface area contributed by atoms with Crippen LogP contribution in [0.25, 0.3) is 11.1 Å². The molecule has 0 radical (unpaired) electrons. The Morgan fingerprint density at radius 1 is 1.03 bits per heavy atom. The van der Waals surface area contributed by atoms with Crippen molar-refractivity contribution in [3.8, 4) is 11.1 Å². The summed E-state index contributed by atoms with van der Waals surface area (Å²) in [5.74, 6) is -3.05. The molecule has 34 heavy (non-hydrogen) atoms. The van der Waals surface area contributed by atoms with Crippen molar-refractivity contribution in [3.63, 3.8) is 0 Å². The fraction of sp³-hybridized carbons (Fsp3) is 0.375. The van der Waals surface area contributed by atoms with Crippen LogP contribution in [0.15, 0.2) is 48.5 Å². The smallest absolute Gasteiger partial charge is 0.408 e. The molecule has 0 fully saturated rings. The second-order valence-electron chi connectivity index (χ2n) is 8.15.